The van der Waals surface area contributed by atoms with Crippen molar-refractivity contribution in [1.82, 2.24) is 24.6 Å². The average Bonchev–Trinajstić information content (AvgIpc) is 3.31. The third kappa shape index (κ3) is 4.24. The van der Waals surface area contributed by atoms with Crippen LogP contribution in [0, 0.1) is 5.92 Å². The highest BCUT2D eigenvalue weighted by Gasteiger charge is 2.32. The molecule has 2 amide bonds. The number of benzene rings is 1. The fraction of sp³-hybridized carbons (Fsp3) is 0.462. The smallest absolute Gasteiger partial charge is 0.254 e. The van der Waals surface area contributed by atoms with E-state index < -0.39 is 0 Å². The second-order valence-corrected chi connectivity index (χ2v) is 9.07. The van der Waals surface area contributed by atoms with Gasteiger partial charge in [0.05, 0.1) is 22.8 Å². The van der Waals surface area contributed by atoms with Crippen LogP contribution in [0.5, 0.6) is 0 Å². The zero-order valence-electron chi connectivity index (χ0n) is 19.2. The number of pyridine rings is 1. The fourth-order valence-electron chi connectivity index (χ4n) is 5.09. The number of hydrogen-bond donors (Lipinski definition) is 0. The van der Waals surface area contributed by atoms with Gasteiger partial charge >= 0.3 is 0 Å². The van der Waals surface area contributed by atoms with Crippen molar-refractivity contribution in [2.75, 3.05) is 26.2 Å². The lowest BCUT2D eigenvalue weighted by atomic mass is 9.93. The minimum Gasteiger partial charge on any atom is -0.342 e. The Bertz CT molecular complexity index is 1140. The molecule has 5 rings (SSSR count). The number of piperidine rings is 2. The van der Waals surface area contributed by atoms with Gasteiger partial charge < -0.3 is 9.80 Å². The maximum Gasteiger partial charge on any atom is 0.254 e. The van der Waals surface area contributed by atoms with E-state index >= 15 is 0 Å². The van der Waals surface area contributed by atoms with Gasteiger partial charge in [-0.05, 0) is 45.1 Å². The lowest BCUT2D eigenvalue weighted by molar-refractivity contribution is -0.137. The number of aromatic nitrogens is 3. The lowest BCUT2D eigenvalue weighted by Gasteiger charge is -2.35. The number of hydrogen-bond acceptors (Lipinski definition) is 4. The Morgan fingerprint density at radius 1 is 0.970 bits per heavy atom. The summed E-state index contributed by atoms with van der Waals surface area (Å²) >= 11 is 0. The number of nitrogens with zero attached hydrogens (tertiary/aromatic N) is 5. The minimum atomic E-state index is -0.000828. The van der Waals surface area contributed by atoms with E-state index in [1.54, 1.807) is 6.20 Å². The SMILES string of the molecule is CCn1ncc2c(C(=O)N3CCC(C(=O)N4CCCCC4)CC3)cc(-c3ccccc3)nc21. The summed E-state index contributed by atoms with van der Waals surface area (Å²) < 4.78 is 1.84. The minimum absolute atomic E-state index is 0.000828. The molecule has 2 fully saturated rings. The van der Waals surface area contributed by atoms with Gasteiger partial charge in [0.15, 0.2) is 5.65 Å². The summed E-state index contributed by atoms with van der Waals surface area (Å²) in [5.41, 5.74) is 3.12. The van der Waals surface area contributed by atoms with Crippen molar-refractivity contribution < 1.29 is 9.59 Å². The molecule has 0 aliphatic carbocycles. The molecule has 3 aromatic rings. The first-order chi connectivity index (χ1) is 16.2. The van der Waals surface area contributed by atoms with Crippen molar-refractivity contribution in [2.45, 2.75) is 45.6 Å². The second kappa shape index (κ2) is 9.33. The van der Waals surface area contributed by atoms with Crippen molar-refractivity contribution in [1.29, 1.82) is 0 Å². The molecule has 2 aliphatic heterocycles. The van der Waals surface area contributed by atoms with Gasteiger partial charge in [-0.1, -0.05) is 30.3 Å². The van der Waals surface area contributed by atoms with Gasteiger partial charge in [-0.2, -0.15) is 5.10 Å². The predicted molar refractivity (Wildman–Crippen MR) is 128 cm³/mol. The van der Waals surface area contributed by atoms with Gasteiger partial charge in [-0.3, -0.25) is 9.59 Å². The van der Waals surface area contributed by atoms with Crippen LogP contribution in [-0.4, -0.2) is 62.6 Å². The molecule has 0 unspecified atom stereocenters. The first-order valence-electron chi connectivity index (χ1n) is 12.2. The Morgan fingerprint density at radius 2 is 1.70 bits per heavy atom. The number of amides is 2. The van der Waals surface area contributed by atoms with Crippen LogP contribution >= 0.6 is 0 Å². The van der Waals surface area contributed by atoms with Crippen molar-refractivity contribution in [3.05, 3.63) is 48.2 Å². The summed E-state index contributed by atoms with van der Waals surface area (Å²) in [6, 6.07) is 11.8. The standard InChI is InChI=1S/C26H31N5O2/c1-2-31-24-22(18-27-31)21(17-23(28-24)19-9-5-3-6-10-19)26(33)30-15-11-20(12-16-30)25(32)29-13-7-4-8-14-29/h3,5-6,9-10,17-18,20H,2,4,7-8,11-16H2,1H3. The van der Waals surface area contributed by atoms with E-state index in [2.05, 4.69) is 5.10 Å². The molecule has 33 heavy (non-hydrogen) atoms. The van der Waals surface area contributed by atoms with Crippen molar-refractivity contribution in [2.24, 2.45) is 5.92 Å². The molecule has 7 heteroatoms. The third-order valence-corrected chi connectivity index (χ3v) is 7.01. The Kier molecular flexibility index (Phi) is 6.11. The molecule has 172 valence electrons. The summed E-state index contributed by atoms with van der Waals surface area (Å²) in [6.07, 6.45) is 6.65. The van der Waals surface area contributed by atoms with Gasteiger partial charge in [0, 0.05) is 44.2 Å². The number of rotatable bonds is 4. The number of aryl methyl sites for hydroxylation is 1. The van der Waals surface area contributed by atoms with Crippen molar-refractivity contribution >= 4 is 22.8 Å². The maximum atomic E-state index is 13.6. The molecular weight excluding hydrogens is 414 g/mol. The molecule has 2 aromatic heterocycles. The second-order valence-electron chi connectivity index (χ2n) is 9.07. The Hall–Kier alpha value is -3.22. The Balaban J connectivity index is 1.38. The van der Waals surface area contributed by atoms with E-state index in [1.807, 2.05) is 57.8 Å². The maximum absolute atomic E-state index is 13.6. The van der Waals surface area contributed by atoms with Crippen LogP contribution < -0.4 is 0 Å². The number of carbonyl (C=O) groups excluding carboxylic acids is 2. The monoisotopic (exact) mass is 445 g/mol. The lowest BCUT2D eigenvalue weighted by Crippen LogP contribution is -2.45. The molecule has 0 bridgehead atoms. The van der Waals surface area contributed by atoms with Gasteiger partial charge in [0.2, 0.25) is 5.91 Å². The summed E-state index contributed by atoms with van der Waals surface area (Å²) in [5, 5.41) is 5.24. The topological polar surface area (TPSA) is 71.3 Å². The number of carbonyl (C=O) groups is 2. The summed E-state index contributed by atoms with van der Waals surface area (Å²) in [4.78, 5) is 35.3. The van der Waals surface area contributed by atoms with E-state index in [0.717, 1.165) is 61.1 Å². The van der Waals surface area contributed by atoms with E-state index in [1.165, 1.54) is 6.42 Å². The molecule has 2 aliphatic rings. The normalized spacial score (nSPS) is 17.5. The van der Waals surface area contributed by atoms with Gasteiger partial charge in [0.1, 0.15) is 0 Å². The van der Waals surface area contributed by atoms with E-state index in [0.29, 0.717) is 25.2 Å². The Morgan fingerprint density at radius 3 is 2.39 bits per heavy atom. The summed E-state index contributed by atoms with van der Waals surface area (Å²) in [5.74, 6) is 0.315. The van der Waals surface area contributed by atoms with Crippen molar-refractivity contribution in [3.63, 3.8) is 0 Å². The zero-order chi connectivity index (χ0) is 22.8. The van der Waals surface area contributed by atoms with E-state index in [-0.39, 0.29) is 17.7 Å². The Labute approximate surface area is 194 Å². The van der Waals surface area contributed by atoms with E-state index in [9.17, 15) is 9.59 Å². The van der Waals surface area contributed by atoms with Crippen LogP contribution in [-0.2, 0) is 11.3 Å². The molecule has 1 aromatic carbocycles. The molecule has 0 atom stereocenters. The molecule has 0 spiro atoms. The van der Waals surface area contributed by atoms with Crippen LogP contribution in [0.25, 0.3) is 22.3 Å². The first kappa shape index (κ1) is 21.6. The van der Waals surface area contributed by atoms with Crippen LogP contribution in [0.3, 0.4) is 0 Å². The van der Waals surface area contributed by atoms with Gasteiger partial charge in [-0.15, -0.1) is 0 Å². The van der Waals surface area contributed by atoms with E-state index in [4.69, 9.17) is 4.98 Å². The van der Waals surface area contributed by atoms with Crippen molar-refractivity contribution in [3.8, 4) is 11.3 Å². The molecule has 4 heterocycles. The van der Waals surface area contributed by atoms with Gasteiger partial charge in [0.25, 0.3) is 5.91 Å². The quantitative estimate of drug-likeness (QED) is 0.609. The fourth-order valence-corrected chi connectivity index (χ4v) is 5.09. The highest BCUT2D eigenvalue weighted by molar-refractivity contribution is 6.06. The number of fused-ring (bicyclic) bond motifs is 1. The zero-order valence-corrected chi connectivity index (χ0v) is 19.2. The highest BCUT2D eigenvalue weighted by Crippen LogP contribution is 2.28. The van der Waals surface area contributed by atoms with Crippen LogP contribution in [0.1, 0.15) is 49.4 Å². The van der Waals surface area contributed by atoms with Crippen LogP contribution in [0.15, 0.2) is 42.6 Å². The highest BCUT2D eigenvalue weighted by atomic mass is 16.2. The van der Waals surface area contributed by atoms with Crippen LogP contribution in [0.4, 0.5) is 0 Å². The third-order valence-electron chi connectivity index (χ3n) is 7.01. The molecular formula is C26H31N5O2. The predicted octanol–water partition coefficient (Wildman–Crippen LogP) is 3.98. The largest absolute Gasteiger partial charge is 0.342 e. The first-order valence-corrected chi connectivity index (χ1v) is 12.2. The summed E-state index contributed by atoms with van der Waals surface area (Å²) in [7, 11) is 0. The molecule has 0 N–H and O–H groups in total. The molecule has 0 saturated carbocycles. The molecule has 0 radical (unpaired) electrons. The van der Waals surface area contributed by atoms with Crippen LogP contribution in [0.2, 0.25) is 0 Å². The summed E-state index contributed by atoms with van der Waals surface area (Å²) in [6.45, 7) is 5.69. The van der Waals surface area contributed by atoms with Gasteiger partial charge in [-0.25, -0.2) is 9.67 Å². The number of likely N-dealkylation sites (tertiary alicyclic amines) is 2. The molecule has 2 saturated heterocycles. The average molecular weight is 446 g/mol. The molecule has 7 nitrogen and oxygen atoms in total.